The molecule has 2 saturated heterocycles. The summed E-state index contributed by atoms with van der Waals surface area (Å²) in [6.45, 7) is 8.56. The maximum absolute atomic E-state index is 5.82. The Labute approximate surface area is 233 Å². The Kier molecular flexibility index (Phi) is 10.1. The zero-order valence-electron chi connectivity index (χ0n) is 22.3. The van der Waals surface area contributed by atoms with E-state index < -0.39 is 0 Å². The van der Waals surface area contributed by atoms with E-state index in [0.717, 1.165) is 76.6 Å². The molecule has 6 N–H and O–H groups in total. The van der Waals surface area contributed by atoms with Crippen LogP contribution in [0.1, 0.15) is 25.7 Å². The molecule has 0 amide bonds. The third-order valence-corrected chi connectivity index (χ3v) is 7.69. The molecule has 0 radical (unpaired) electrons. The molecule has 2 aliphatic heterocycles. The van der Waals surface area contributed by atoms with Crippen molar-refractivity contribution in [2.75, 3.05) is 60.5 Å². The topological polar surface area (TPSA) is 91.4 Å². The molecule has 0 saturated carbocycles. The number of nitrogen functional groups attached to an aromatic ring is 2. The summed E-state index contributed by atoms with van der Waals surface area (Å²) in [5.41, 5.74) is 15.8. The Morgan fingerprint density at radius 2 is 1.29 bits per heavy atom. The van der Waals surface area contributed by atoms with E-state index in [2.05, 4.69) is 72.6 Å². The summed E-state index contributed by atoms with van der Waals surface area (Å²) in [5.74, 6) is 0. The van der Waals surface area contributed by atoms with E-state index in [1.165, 1.54) is 24.2 Å². The molecule has 5 rings (SSSR count). The first-order valence-corrected chi connectivity index (χ1v) is 13.8. The second kappa shape index (κ2) is 13.7. The quantitative estimate of drug-likeness (QED) is 0.141. The predicted molar refractivity (Wildman–Crippen MR) is 153 cm³/mol. The van der Waals surface area contributed by atoms with Gasteiger partial charge in [0.05, 0.1) is 13.1 Å². The van der Waals surface area contributed by atoms with Crippen molar-refractivity contribution >= 4 is 22.7 Å². The lowest BCUT2D eigenvalue weighted by molar-refractivity contribution is -0.696. The van der Waals surface area contributed by atoms with E-state index in [1.54, 1.807) is 0 Å². The fourth-order valence-corrected chi connectivity index (χ4v) is 5.53. The van der Waals surface area contributed by atoms with Crippen LogP contribution >= 0.6 is 0 Å². The fourth-order valence-electron chi connectivity index (χ4n) is 5.53. The zero-order chi connectivity index (χ0) is 25.5. The third-order valence-electron chi connectivity index (χ3n) is 7.69. The molecule has 2 unspecified atom stereocenters. The lowest BCUT2D eigenvalue weighted by Crippen LogP contribution is -3.00. The highest BCUT2D eigenvalue weighted by atomic mass is 35.5. The van der Waals surface area contributed by atoms with Gasteiger partial charge in [0.1, 0.15) is 12.4 Å². The van der Waals surface area contributed by atoms with Gasteiger partial charge in [-0.3, -0.25) is 0 Å². The molecule has 206 valence electrons. The molecule has 2 aromatic carbocycles. The van der Waals surface area contributed by atoms with Crippen LogP contribution in [0.25, 0.3) is 0 Å². The van der Waals surface area contributed by atoms with E-state index in [9.17, 15) is 0 Å². The van der Waals surface area contributed by atoms with Crippen LogP contribution in [-0.2, 0) is 13.1 Å². The molecule has 1 aromatic heterocycles. The maximum Gasteiger partial charge on any atom is 0.243 e. The number of nitrogens with two attached hydrogens (primary N) is 2. The predicted octanol–water partition coefficient (Wildman–Crippen LogP) is -0.539. The fraction of sp³-hybridized carbons (Fsp3) is 0.483. The molecule has 2 atom stereocenters. The van der Waals surface area contributed by atoms with E-state index >= 15 is 0 Å². The molecular formula is C29H43ClN8. The molecule has 9 heteroatoms. The van der Waals surface area contributed by atoms with Crippen LogP contribution in [0, 0.1) is 0 Å². The lowest BCUT2D eigenvalue weighted by atomic mass is 10.2. The maximum atomic E-state index is 5.82. The Hall–Kier alpha value is -2.94. The number of hydrogen-bond donors (Lipinski definition) is 4. The van der Waals surface area contributed by atoms with E-state index in [-0.39, 0.29) is 12.4 Å². The van der Waals surface area contributed by atoms with Gasteiger partial charge >= 0.3 is 0 Å². The average Bonchev–Trinajstić information content (AvgIpc) is 3.67. The molecule has 0 spiro atoms. The smallest absolute Gasteiger partial charge is 0.243 e. The number of nitrogens with one attached hydrogen (secondary N) is 2. The van der Waals surface area contributed by atoms with Gasteiger partial charge in [-0.05, 0) is 87.3 Å². The van der Waals surface area contributed by atoms with Crippen molar-refractivity contribution in [2.45, 2.75) is 50.9 Å². The highest BCUT2D eigenvalue weighted by molar-refractivity contribution is 5.54. The van der Waals surface area contributed by atoms with Crippen molar-refractivity contribution in [3.63, 3.8) is 0 Å². The lowest BCUT2D eigenvalue weighted by Gasteiger charge is -2.19. The Morgan fingerprint density at radius 3 is 1.84 bits per heavy atom. The van der Waals surface area contributed by atoms with E-state index in [0.29, 0.717) is 12.1 Å². The van der Waals surface area contributed by atoms with Crippen molar-refractivity contribution in [1.29, 1.82) is 0 Å². The van der Waals surface area contributed by atoms with Crippen molar-refractivity contribution in [3.8, 4) is 0 Å². The van der Waals surface area contributed by atoms with Crippen LogP contribution in [0.3, 0.4) is 0 Å². The molecule has 3 aromatic rings. The van der Waals surface area contributed by atoms with Gasteiger partial charge < -0.3 is 44.3 Å². The average molecular weight is 539 g/mol. The molecule has 0 bridgehead atoms. The largest absolute Gasteiger partial charge is 1.00 e. The van der Waals surface area contributed by atoms with Gasteiger partial charge in [0.25, 0.3) is 0 Å². The van der Waals surface area contributed by atoms with Crippen molar-refractivity contribution < 1.29 is 17.0 Å². The van der Waals surface area contributed by atoms with Crippen LogP contribution in [0.2, 0.25) is 0 Å². The molecule has 38 heavy (non-hydrogen) atoms. The monoisotopic (exact) mass is 538 g/mol. The minimum absolute atomic E-state index is 0. The number of nitrogens with zero attached hydrogens (tertiary/aromatic N) is 4. The minimum Gasteiger partial charge on any atom is -1.00 e. The molecular weight excluding hydrogens is 496 g/mol. The minimum atomic E-state index is 0. The highest BCUT2D eigenvalue weighted by Crippen LogP contribution is 2.22. The Balaban J connectivity index is 0.00000336. The molecule has 8 nitrogen and oxygen atoms in total. The summed E-state index contributed by atoms with van der Waals surface area (Å²) < 4.78 is 4.62. The number of imidazole rings is 1. The molecule has 2 fully saturated rings. The van der Waals surface area contributed by atoms with E-state index in [4.69, 9.17) is 11.5 Å². The first-order chi connectivity index (χ1) is 18.1. The van der Waals surface area contributed by atoms with Crippen LogP contribution in [0.4, 0.5) is 22.7 Å². The number of anilines is 4. The van der Waals surface area contributed by atoms with Crippen LogP contribution in [-0.4, -0.2) is 55.9 Å². The molecule has 3 heterocycles. The Bertz CT molecular complexity index is 1010. The number of benzene rings is 2. The second-order valence-electron chi connectivity index (χ2n) is 10.6. The number of hydrogen-bond acceptors (Lipinski definition) is 6. The van der Waals surface area contributed by atoms with Gasteiger partial charge in [0.15, 0.2) is 0 Å². The van der Waals surface area contributed by atoms with Gasteiger partial charge in [0.2, 0.25) is 6.33 Å². The van der Waals surface area contributed by atoms with E-state index in [1.807, 2.05) is 24.3 Å². The standard InChI is InChI=1S/C29H43N8.ClH/c30-24-3-7-28(8-4-24)36-17-11-26(21-36)32-13-1-15-34-19-20-35(23-34)16-2-14-33-27-12-18-37(22-27)29-9-5-25(31)6-10-29;/h3-10,19-20,23,26-27,32-33H,1-2,11-18,21-22,30-31H2;1H/q+1;/p-1. The van der Waals surface area contributed by atoms with Gasteiger partial charge in [-0.1, -0.05) is 0 Å². The summed E-state index contributed by atoms with van der Waals surface area (Å²) in [5, 5.41) is 7.50. The number of halogens is 1. The normalized spacial score (nSPS) is 19.2. The molecule has 2 aliphatic rings. The number of aromatic nitrogens is 2. The van der Waals surface area contributed by atoms with Crippen LogP contribution in [0.15, 0.2) is 67.3 Å². The van der Waals surface area contributed by atoms with Crippen molar-refractivity contribution in [3.05, 3.63) is 67.3 Å². The second-order valence-corrected chi connectivity index (χ2v) is 10.6. The Morgan fingerprint density at radius 1 is 0.763 bits per heavy atom. The van der Waals surface area contributed by atoms with Crippen molar-refractivity contribution in [2.24, 2.45) is 0 Å². The van der Waals surface area contributed by atoms with Gasteiger partial charge in [0, 0.05) is 61.0 Å². The molecule has 0 aliphatic carbocycles. The van der Waals surface area contributed by atoms with Gasteiger partial charge in [-0.15, -0.1) is 0 Å². The van der Waals surface area contributed by atoms with Crippen LogP contribution < -0.4 is 48.9 Å². The number of rotatable bonds is 12. The zero-order valence-corrected chi connectivity index (χ0v) is 23.1. The SMILES string of the molecule is Nc1ccc(N2CCC(NCCCn3cc[n+](CCCNC4CCN(c5ccc(N)cc5)C4)c3)C2)cc1.[Cl-]. The highest BCUT2D eigenvalue weighted by Gasteiger charge is 2.23. The van der Waals surface area contributed by atoms with Gasteiger partial charge in [-0.2, -0.15) is 0 Å². The third kappa shape index (κ3) is 7.79. The summed E-state index contributed by atoms with van der Waals surface area (Å²) in [6, 6.07) is 17.6. The first kappa shape index (κ1) is 28.1. The summed E-state index contributed by atoms with van der Waals surface area (Å²) in [7, 11) is 0. The first-order valence-electron chi connectivity index (χ1n) is 13.8. The summed E-state index contributed by atoms with van der Waals surface area (Å²) in [6.07, 6.45) is 11.3. The summed E-state index contributed by atoms with van der Waals surface area (Å²) in [4.78, 5) is 4.90. The number of aryl methyl sites for hydroxylation is 2. The van der Waals surface area contributed by atoms with Crippen molar-refractivity contribution in [1.82, 2.24) is 15.2 Å². The summed E-state index contributed by atoms with van der Waals surface area (Å²) >= 11 is 0. The van der Waals surface area contributed by atoms with Gasteiger partial charge in [-0.25, -0.2) is 9.13 Å². The van der Waals surface area contributed by atoms with Crippen LogP contribution in [0.5, 0.6) is 0 Å².